The van der Waals surface area contributed by atoms with Crippen LogP contribution < -0.4 is 4.74 Å². The van der Waals surface area contributed by atoms with Crippen molar-refractivity contribution in [2.45, 2.75) is 44.2 Å². The molecule has 24 heavy (non-hydrogen) atoms. The van der Waals surface area contributed by atoms with Gasteiger partial charge in [-0.2, -0.15) is 17.0 Å². The first kappa shape index (κ1) is 16.3. The van der Waals surface area contributed by atoms with Gasteiger partial charge in [-0.15, -0.1) is 0 Å². The molecule has 3 atom stereocenters. The molecule has 5 nitrogen and oxygen atoms in total. The Hall–Kier alpha value is -1.18. The highest BCUT2D eigenvalue weighted by Gasteiger charge is 2.53. The van der Waals surface area contributed by atoms with E-state index in [-0.39, 0.29) is 17.9 Å². The van der Waals surface area contributed by atoms with Crippen molar-refractivity contribution in [3.8, 4) is 5.75 Å². The van der Waals surface area contributed by atoms with E-state index in [0.717, 1.165) is 32.1 Å². The normalized spacial score (nSPS) is 31.0. The summed E-state index contributed by atoms with van der Waals surface area (Å²) in [6, 6.07) is 5.88. The molecule has 2 heterocycles. The number of hydrogen-bond acceptors (Lipinski definition) is 3. The van der Waals surface area contributed by atoms with Crippen LogP contribution in [0.4, 0.5) is 4.39 Å². The minimum atomic E-state index is -3.40. The Bertz CT molecular complexity index is 688. The van der Waals surface area contributed by atoms with Crippen LogP contribution in [0.1, 0.15) is 32.1 Å². The maximum Gasteiger partial charge on any atom is 0.282 e. The number of hydrogen-bond donors (Lipinski definition) is 0. The maximum atomic E-state index is 13.0. The molecule has 0 unspecified atom stereocenters. The van der Waals surface area contributed by atoms with E-state index in [4.69, 9.17) is 4.74 Å². The highest BCUT2D eigenvalue weighted by molar-refractivity contribution is 7.86. The van der Waals surface area contributed by atoms with Crippen molar-refractivity contribution < 1.29 is 17.5 Å². The van der Waals surface area contributed by atoms with Crippen molar-refractivity contribution in [3.05, 3.63) is 30.1 Å². The van der Waals surface area contributed by atoms with Gasteiger partial charge in [0.25, 0.3) is 10.2 Å². The van der Waals surface area contributed by atoms with Gasteiger partial charge in [0.05, 0.1) is 6.04 Å². The van der Waals surface area contributed by atoms with Crippen molar-refractivity contribution >= 4 is 10.2 Å². The van der Waals surface area contributed by atoms with Crippen LogP contribution in [0.25, 0.3) is 0 Å². The van der Waals surface area contributed by atoms with Crippen LogP contribution in [0.5, 0.6) is 5.75 Å². The molecule has 1 saturated carbocycles. The number of rotatable bonds is 5. The molecular weight excluding hydrogens is 331 g/mol. The molecule has 4 rings (SSSR count). The molecule has 2 aliphatic heterocycles. The Morgan fingerprint density at radius 1 is 1.12 bits per heavy atom. The van der Waals surface area contributed by atoms with Crippen molar-refractivity contribution in [1.29, 1.82) is 0 Å². The quantitative estimate of drug-likeness (QED) is 0.816. The van der Waals surface area contributed by atoms with E-state index in [0.29, 0.717) is 31.4 Å². The van der Waals surface area contributed by atoms with E-state index in [2.05, 4.69) is 0 Å². The van der Waals surface area contributed by atoms with Crippen molar-refractivity contribution in [1.82, 2.24) is 8.61 Å². The highest BCUT2D eigenvalue weighted by atomic mass is 32.2. The molecule has 0 N–H and O–H groups in total. The van der Waals surface area contributed by atoms with Crippen LogP contribution in [0.15, 0.2) is 24.3 Å². The Balaban J connectivity index is 1.51. The first-order chi connectivity index (χ1) is 11.6. The van der Waals surface area contributed by atoms with Gasteiger partial charge in [-0.25, -0.2) is 4.39 Å². The van der Waals surface area contributed by atoms with Crippen LogP contribution in [0.2, 0.25) is 0 Å². The minimum Gasteiger partial charge on any atom is -0.492 e. The average molecular weight is 354 g/mol. The third-order valence-corrected chi connectivity index (χ3v) is 7.69. The number of halogens is 1. The van der Waals surface area contributed by atoms with Crippen LogP contribution >= 0.6 is 0 Å². The Morgan fingerprint density at radius 2 is 1.83 bits per heavy atom. The van der Waals surface area contributed by atoms with Crippen molar-refractivity contribution in [2.75, 3.05) is 19.7 Å². The molecule has 0 spiro atoms. The summed E-state index contributed by atoms with van der Waals surface area (Å²) >= 11 is 0. The van der Waals surface area contributed by atoms with E-state index < -0.39 is 10.2 Å². The van der Waals surface area contributed by atoms with E-state index in [1.165, 1.54) is 12.1 Å². The monoisotopic (exact) mass is 354 g/mol. The van der Waals surface area contributed by atoms with Crippen LogP contribution in [0, 0.1) is 11.7 Å². The zero-order chi connectivity index (χ0) is 16.7. The van der Waals surface area contributed by atoms with E-state index in [1.54, 1.807) is 20.7 Å². The number of nitrogens with zero attached hydrogens (tertiary/aromatic N) is 2. The van der Waals surface area contributed by atoms with Gasteiger partial charge in [-0.05, 0) is 62.3 Å². The largest absolute Gasteiger partial charge is 0.492 e. The van der Waals surface area contributed by atoms with E-state index >= 15 is 0 Å². The molecule has 1 aromatic rings. The third kappa shape index (κ3) is 2.82. The Kier molecular flexibility index (Phi) is 4.26. The molecule has 1 aliphatic carbocycles. The second kappa shape index (κ2) is 6.28. The number of benzene rings is 1. The number of ether oxygens (including phenoxy) is 1. The summed E-state index contributed by atoms with van der Waals surface area (Å²) in [5, 5.41) is 0. The summed E-state index contributed by atoms with van der Waals surface area (Å²) in [6.07, 6.45) is 4.83. The van der Waals surface area contributed by atoms with Crippen molar-refractivity contribution in [3.63, 3.8) is 0 Å². The molecule has 3 aliphatic rings. The predicted octanol–water partition coefficient (Wildman–Crippen LogP) is 2.40. The second-order valence-electron chi connectivity index (χ2n) is 7.00. The number of fused-ring (bicyclic) bond motifs is 2. The zero-order valence-electron chi connectivity index (χ0n) is 13.6. The molecule has 2 saturated heterocycles. The summed E-state index contributed by atoms with van der Waals surface area (Å²) in [5.41, 5.74) is 0. The molecule has 0 aromatic heterocycles. The van der Waals surface area contributed by atoms with E-state index in [9.17, 15) is 12.8 Å². The van der Waals surface area contributed by atoms with Gasteiger partial charge in [-0.1, -0.05) is 0 Å². The van der Waals surface area contributed by atoms with Gasteiger partial charge in [0.1, 0.15) is 18.2 Å². The van der Waals surface area contributed by atoms with Crippen LogP contribution in [-0.2, 0) is 10.2 Å². The third-order valence-electron chi connectivity index (χ3n) is 5.57. The first-order valence-electron chi connectivity index (χ1n) is 8.73. The lowest BCUT2D eigenvalue weighted by Gasteiger charge is -2.36. The maximum absolute atomic E-state index is 13.0. The molecule has 2 bridgehead atoms. The summed E-state index contributed by atoms with van der Waals surface area (Å²) in [5.74, 6) is 0.644. The van der Waals surface area contributed by atoms with Gasteiger partial charge in [0.15, 0.2) is 0 Å². The fraction of sp³-hybridized carbons (Fsp3) is 0.647. The van der Waals surface area contributed by atoms with Crippen LogP contribution in [0.3, 0.4) is 0 Å². The summed E-state index contributed by atoms with van der Waals surface area (Å²) < 4.78 is 48.2. The molecular formula is C17H23FN2O3S. The van der Waals surface area contributed by atoms with Gasteiger partial charge in [0, 0.05) is 19.1 Å². The lowest BCUT2D eigenvalue weighted by atomic mass is 10.0. The van der Waals surface area contributed by atoms with Gasteiger partial charge >= 0.3 is 0 Å². The van der Waals surface area contributed by atoms with Crippen LogP contribution in [-0.4, -0.2) is 48.8 Å². The predicted molar refractivity (Wildman–Crippen MR) is 88.4 cm³/mol. The second-order valence-corrected chi connectivity index (χ2v) is 8.84. The van der Waals surface area contributed by atoms with E-state index in [1.807, 2.05) is 0 Å². The Labute approximate surface area is 142 Å². The van der Waals surface area contributed by atoms with Gasteiger partial charge in [0.2, 0.25) is 0 Å². The lowest BCUT2D eigenvalue weighted by molar-refractivity contribution is 0.156. The first-order valence-corrected chi connectivity index (χ1v) is 10.1. The SMILES string of the molecule is O=S(=O)(N1CCCC1)N1[C@@H]2CC[C@H](C2)[C@H]1COc1ccc(F)cc1. The summed E-state index contributed by atoms with van der Waals surface area (Å²) in [7, 11) is -3.40. The molecule has 3 fully saturated rings. The molecule has 0 radical (unpaired) electrons. The van der Waals surface area contributed by atoms with Crippen molar-refractivity contribution in [2.24, 2.45) is 5.92 Å². The molecule has 7 heteroatoms. The topological polar surface area (TPSA) is 49.9 Å². The molecule has 1 aromatic carbocycles. The average Bonchev–Trinajstić information content (AvgIpc) is 3.30. The number of piperidine rings is 1. The fourth-order valence-electron chi connectivity index (χ4n) is 4.38. The molecule has 132 valence electrons. The molecule has 0 amide bonds. The minimum absolute atomic E-state index is 0.112. The zero-order valence-corrected chi connectivity index (χ0v) is 14.4. The van der Waals surface area contributed by atoms with Gasteiger partial charge in [-0.3, -0.25) is 0 Å². The standard InChI is InChI=1S/C17H23FN2O3S/c18-14-4-7-16(8-5-14)23-12-17-13-3-6-15(11-13)20(17)24(21,22)19-9-1-2-10-19/h4-5,7-8,13,15,17H,1-3,6,9-12H2/t13-,15-,17-/m1/s1. The van der Waals surface area contributed by atoms with Gasteiger partial charge < -0.3 is 4.74 Å². The summed E-state index contributed by atoms with van der Waals surface area (Å²) in [6.45, 7) is 1.59. The Morgan fingerprint density at radius 3 is 2.54 bits per heavy atom. The highest BCUT2D eigenvalue weighted by Crippen LogP contribution is 2.45. The fourth-order valence-corrected chi connectivity index (χ4v) is 6.51. The smallest absolute Gasteiger partial charge is 0.282 e. The lowest BCUT2D eigenvalue weighted by Crippen LogP contribution is -2.52. The summed E-state index contributed by atoms with van der Waals surface area (Å²) in [4.78, 5) is 0.